The van der Waals surface area contributed by atoms with Crippen molar-refractivity contribution < 1.29 is 31.4 Å². The van der Waals surface area contributed by atoms with Gasteiger partial charge >= 0.3 is 23.2 Å². The Morgan fingerprint density at radius 2 is 1.82 bits per heavy atom. The molecular formula is C22H14ClF5N3O2S+. The summed E-state index contributed by atoms with van der Waals surface area (Å²) >= 11 is 6.51. The molecule has 12 heteroatoms. The van der Waals surface area contributed by atoms with Crippen LogP contribution in [-0.2, 0) is 22.1 Å². The quantitative estimate of drug-likeness (QED) is 0.0996. The first-order chi connectivity index (χ1) is 16.1. The van der Waals surface area contributed by atoms with E-state index in [1.54, 1.807) is 12.1 Å². The minimum absolute atomic E-state index is 0.215. The fraction of sp³-hybridized carbons (Fsp3) is 0.136. The Labute approximate surface area is 198 Å². The summed E-state index contributed by atoms with van der Waals surface area (Å²) in [6, 6.07) is 9.42. The van der Waals surface area contributed by atoms with Gasteiger partial charge in [-0.3, -0.25) is 0 Å². The van der Waals surface area contributed by atoms with Crippen molar-refractivity contribution in [2.75, 3.05) is 5.32 Å². The standard InChI is InChI=1S/C22H13ClF5N3O2S/c23-16-5-4-12(24)9-15(16)19-18-14(21(30-19)34-33)2-1-3-17(18)29-20(31-32)10-6-11(22(26,27)28)8-13(25)7-10/h1-9,19,21,30H,(H-,29,31,32)/p+1. The van der Waals surface area contributed by atoms with E-state index >= 15 is 0 Å². The number of anilines is 1. The Morgan fingerprint density at radius 3 is 2.50 bits per heavy atom. The summed E-state index contributed by atoms with van der Waals surface area (Å²) in [6.45, 7) is 0. The van der Waals surface area contributed by atoms with Gasteiger partial charge in [0.05, 0.1) is 11.6 Å². The summed E-state index contributed by atoms with van der Waals surface area (Å²) in [7, 11) is 0. The third-order valence-corrected chi connectivity index (χ3v) is 6.17. The largest absolute Gasteiger partial charge is 0.484 e. The Morgan fingerprint density at radius 1 is 1.06 bits per heavy atom. The molecule has 3 aromatic carbocycles. The van der Waals surface area contributed by atoms with Crippen LogP contribution in [0.3, 0.4) is 0 Å². The van der Waals surface area contributed by atoms with Gasteiger partial charge in [-0.15, -0.1) is 0 Å². The predicted molar refractivity (Wildman–Crippen MR) is 117 cm³/mol. The lowest BCUT2D eigenvalue weighted by Crippen LogP contribution is -2.20. The molecule has 0 radical (unpaired) electrons. The molecule has 0 amide bonds. The SMILES string of the molecule is O=[S+]C1NC(c2cc(F)ccc2Cl)c2c(N/C(=N\O)c3cc(F)cc(C(F)(F)F)c3)cccc21. The number of oxime groups is 1. The van der Waals surface area contributed by atoms with Crippen LogP contribution < -0.4 is 10.6 Å². The summed E-state index contributed by atoms with van der Waals surface area (Å²) in [5.74, 6) is -2.22. The van der Waals surface area contributed by atoms with Crippen molar-refractivity contribution in [1.29, 1.82) is 0 Å². The molecule has 0 spiro atoms. The van der Waals surface area contributed by atoms with Crippen molar-refractivity contribution in [1.82, 2.24) is 5.32 Å². The zero-order valence-electron chi connectivity index (χ0n) is 16.8. The van der Waals surface area contributed by atoms with E-state index in [4.69, 9.17) is 11.6 Å². The molecule has 3 N–H and O–H groups in total. The Balaban J connectivity index is 1.80. The number of rotatable bonds is 4. The monoisotopic (exact) mass is 514 g/mol. The molecule has 1 aliphatic rings. The molecule has 2 unspecified atom stereocenters. The normalized spacial score (nSPS) is 18.0. The number of halogens is 6. The zero-order chi connectivity index (χ0) is 24.6. The fourth-order valence-electron chi connectivity index (χ4n) is 3.80. The van der Waals surface area contributed by atoms with E-state index in [0.717, 1.165) is 6.07 Å². The molecule has 0 saturated heterocycles. The van der Waals surface area contributed by atoms with Gasteiger partial charge in [-0.1, -0.05) is 28.9 Å². The maximum absolute atomic E-state index is 14.0. The Hall–Kier alpha value is -3.15. The number of hydrogen-bond donors (Lipinski definition) is 3. The Bertz CT molecular complexity index is 1300. The molecule has 176 valence electrons. The van der Waals surface area contributed by atoms with E-state index in [0.29, 0.717) is 28.8 Å². The van der Waals surface area contributed by atoms with Crippen LogP contribution in [0.15, 0.2) is 59.8 Å². The second-order valence-electron chi connectivity index (χ2n) is 7.35. The number of alkyl halides is 3. The van der Waals surface area contributed by atoms with Gasteiger partial charge < -0.3 is 10.5 Å². The van der Waals surface area contributed by atoms with Crippen LogP contribution in [0.2, 0.25) is 5.02 Å². The van der Waals surface area contributed by atoms with E-state index in [9.17, 15) is 31.4 Å². The number of nitrogens with zero attached hydrogens (tertiary/aromatic N) is 1. The van der Waals surface area contributed by atoms with Gasteiger partial charge in [0, 0.05) is 31.6 Å². The molecule has 0 aliphatic carbocycles. The zero-order valence-corrected chi connectivity index (χ0v) is 18.4. The van der Waals surface area contributed by atoms with Gasteiger partial charge in [-0.05, 0) is 48.0 Å². The second-order valence-corrected chi connectivity index (χ2v) is 8.42. The molecule has 2 atom stereocenters. The van der Waals surface area contributed by atoms with Crippen molar-refractivity contribution in [3.8, 4) is 0 Å². The molecule has 0 saturated carbocycles. The van der Waals surface area contributed by atoms with E-state index in [1.165, 1.54) is 24.3 Å². The lowest BCUT2D eigenvalue weighted by atomic mass is 9.96. The summed E-state index contributed by atoms with van der Waals surface area (Å²) in [4.78, 5) is 0. The maximum atomic E-state index is 14.0. The average Bonchev–Trinajstić information content (AvgIpc) is 3.17. The highest BCUT2D eigenvalue weighted by molar-refractivity contribution is 7.65. The molecule has 3 aromatic rings. The summed E-state index contributed by atoms with van der Waals surface area (Å²) in [5.41, 5.74) is -0.121. The third kappa shape index (κ3) is 4.59. The van der Waals surface area contributed by atoms with E-state index in [1.807, 2.05) is 0 Å². The molecule has 1 aliphatic heterocycles. The summed E-state index contributed by atoms with van der Waals surface area (Å²) in [6.07, 6.45) is -4.83. The number of nitrogens with one attached hydrogen (secondary N) is 2. The number of hydrogen-bond acceptors (Lipinski definition) is 4. The summed E-state index contributed by atoms with van der Waals surface area (Å²) in [5, 5.41) is 17.7. The summed E-state index contributed by atoms with van der Waals surface area (Å²) < 4.78 is 79.0. The van der Waals surface area contributed by atoms with Crippen molar-refractivity contribution in [2.24, 2.45) is 5.16 Å². The Kier molecular flexibility index (Phi) is 6.52. The average molecular weight is 515 g/mol. The van der Waals surface area contributed by atoms with Crippen LogP contribution in [0.4, 0.5) is 27.6 Å². The molecule has 34 heavy (non-hydrogen) atoms. The number of benzene rings is 3. The van der Waals surface area contributed by atoms with E-state index in [-0.39, 0.29) is 27.9 Å². The van der Waals surface area contributed by atoms with Gasteiger partial charge in [-0.25, -0.2) is 14.1 Å². The number of fused-ring (bicyclic) bond motifs is 1. The van der Waals surface area contributed by atoms with Crippen molar-refractivity contribution in [3.05, 3.63) is 99.1 Å². The first kappa shape index (κ1) is 24.0. The highest BCUT2D eigenvalue weighted by Crippen LogP contribution is 2.43. The van der Waals surface area contributed by atoms with Crippen LogP contribution >= 0.6 is 11.6 Å². The van der Waals surface area contributed by atoms with Crippen LogP contribution in [0.5, 0.6) is 0 Å². The van der Waals surface area contributed by atoms with Crippen molar-refractivity contribution in [2.45, 2.75) is 17.6 Å². The first-order valence-electron chi connectivity index (χ1n) is 9.62. The molecular weight excluding hydrogens is 501 g/mol. The third-order valence-electron chi connectivity index (χ3n) is 5.25. The molecule has 0 fully saturated rings. The topological polar surface area (TPSA) is 73.7 Å². The van der Waals surface area contributed by atoms with Gasteiger partial charge in [0.2, 0.25) is 0 Å². The van der Waals surface area contributed by atoms with Crippen LogP contribution in [0.25, 0.3) is 0 Å². The van der Waals surface area contributed by atoms with Gasteiger partial charge in [0.1, 0.15) is 11.6 Å². The predicted octanol–water partition coefficient (Wildman–Crippen LogP) is 6.00. The van der Waals surface area contributed by atoms with Crippen molar-refractivity contribution in [3.63, 3.8) is 0 Å². The first-order valence-corrected chi connectivity index (χ1v) is 10.8. The second kappa shape index (κ2) is 9.24. The van der Waals surface area contributed by atoms with E-state index in [2.05, 4.69) is 15.8 Å². The van der Waals surface area contributed by atoms with E-state index < -0.39 is 40.6 Å². The smallest absolute Gasteiger partial charge is 0.409 e. The lowest BCUT2D eigenvalue weighted by Gasteiger charge is -2.19. The van der Waals surface area contributed by atoms with Gasteiger partial charge in [-0.2, -0.15) is 13.2 Å². The minimum Gasteiger partial charge on any atom is -0.409 e. The minimum atomic E-state index is -4.83. The van der Waals surface area contributed by atoms with Crippen LogP contribution in [0, 0.1) is 11.6 Å². The maximum Gasteiger partial charge on any atom is 0.484 e. The molecule has 1 heterocycles. The van der Waals surface area contributed by atoms with Gasteiger partial charge in [0.15, 0.2) is 5.84 Å². The molecule has 0 bridgehead atoms. The van der Waals surface area contributed by atoms with Crippen LogP contribution in [0.1, 0.15) is 39.2 Å². The van der Waals surface area contributed by atoms with Gasteiger partial charge in [0.25, 0.3) is 0 Å². The fourth-order valence-corrected chi connectivity index (χ4v) is 4.53. The molecule has 5 nitrogen and oxygen atoms in total. The highest BCUT2D eigenvalue weighted by atomic mass is 35.5. The highest BCUT2D eigenvalue weighted by Gasteiger charge is 2.42. The lowest BCUT2D eigenvalue weighted by molar-refractivity contribution is -0.137. The number of amidine groups is 1. The molecule has 4 rings (SSSR count). The van der Waals surface area contributed by atoms with Crippen molar-refractivity contribution >= 4 is 34.8 Å². The van der Waals surface area contributed by atoms with Crippen LogP contribution in [-0.4, -0.2) is 11.0 Å². The molecule has 0 aromatic heterocycles.